The van der Waals surface area contributed by atoms with Gasteiger partial charge in [-0.15, -0.1) is 0 Å². The van der Waals surface area contributed by atoms with Crippen LogP contribution in [0.2, 0.25) is 0 Å². The van der Waals surface area contributed by atoms with E-state index < -0.39 is 0 Å². The van der Waals surface area contributed by atoms with Crippen LogP contribution < -0.4 is 0 Å². The van der Waals surface area contributed by atoms with Crippen LogP contribution in [0.3, 0.4) is 0 Å². The fourth-order valence-corrected chi connectivity index (χ4v) is 3.16. The average Bonchev–Trinajstić information content (AvgIpc) is 2.66. The monoisotopic (exact) mass is 377 g/mol. The maximum Gasteiger partial charge on any atom is 0.130 e. The van der Waals surface area contributed by atoms with Gasteiger partial charge in [-0.25, -0.2) is 0 Å². The zero-order chi connectivity index (χ0) is 21.2. The molecule has 0 aromatic carbocycles. The van der Waals surface area contributed by atoms with Crippen molar-refractivity contribution in [3.8, 4) is 0 Å². The van der Waals surface area contributed by atoms with Crippen molar-refractivity contribution >= 4 is 5.78 Å². The van der Waals surface area contributed by atoms with Crippen LogP contribution in [0.1, 0.15) is 116 Å². The minimum atomic E-state index is 0.231. The fraction of sp³-hybridized carbons (Fsp3) is 0.760. The first-order chi connectivity index (χ1) is 12.9. The molecular formula is C25H47NO. The molecule has 0 saturated heterocycles. The molecule has 1 aromatic rings. The summed E-state index contributed by atoms with van der Waals surface area (Å²) in [6.07, 6.45) is 12.8. The van der Waals surface area contributed by atoms with E-state index >= 15 is 0 Å². The number of unbranched alkanes of at least 4 members (excludes halogenated alkanes) is 2. The van der Waals surface area contributed by atoms with Crippen LogP contribution in [0, 0.1) is 19.8 Å². The lowest BCUT2D eigenvalue weighted by Crippen LogP contribution is -2.03. The van der Waals surface area contributed by atoms with Crippen molar-refractivity contribution < 1.29 is 4.79 Å². The highest BCUT2D eigenvalue weighted by Crippen LogP contribution is 2.17. The molecule has 0 fully saturated rings. The van der Waals surface area contributed by atoms with E-state index in [4.69, 9.17) is 0 Å². The molecule has 0 amide bonds. The molecule has 0 radical (unpaired) electrons. The van der Waals surface area contributed by atoms with E-state index in [0.717, 1.165) is 24.5 Å². The van der Waals surface area contributed by atoms with Gasteiger partial charge in [0.1, 0.15) is 5.78 Å². The van der Waals surface area contributed by atoms with Gasteiger partial charge in [-0.1, -0.05) is 80.1 Å². The molecule has 1 rings (SSSR count). The summed E-state index contributed by atoms with van der Waals surface area (Å²) < 4.78 is 0. The Labute approximate surface area is 170 Å². The van der Waals surface area contributed by atoms with Gasteiger partial charge in [-0.05, 0) is 56.2 Å². The van der Waals surface area contributed by atoms with E-state index in [0.29, 0.717) is 6.42 Å². The van der Waals surface area contributed by atoms with Gasteiger partial charge in [0.05, 0.1) is 0 Å². The molecule has 1 heterocycles. The number of rotatable bonds is 10. The third kappa shape index (κ3) is 13.6. The maximum atomic E-state index is 10.9. The first-order valence-electron chi connectivity index (χ1n) is 11.3. The Kier molecular flexibility index (Phi) is 18.9. The van der Waals surface area contributed by atoms with Crippen LogP contribution in [0.15, 0.2) is 6.20 Å². The van der Waals surface area contributed by atoms with Crippen molar-refractivity contribution in [3.63, 3.8) is 0 Å². The number of aryl methyl sites for hydroxylation is 2. The van der Waals surface area contributed by atoms with Crippen molar-refractivity contribution in [1.29, 1.82) is 0 Å². The number of hydrogen-bond acceptors (Lipinski definition) is 2. The molecule has 2 nitrogen and oxygen atoms in total. The van der Waals surface area contributed by atoms with Gasteiger partial charge in [0.2, 0.25) is 0 Å². The summed E-state index contributed by atoms with van der Waals surface area (Å²) in [6.45, 7) is 18.9. The zero-order valence-electron chi connectivity index (χ0n) is 19.9. The highest BCUT2D eigenvalue weighted by molar-refractivity contribution is 5.75. The maximum absolute atomic E-state index is 10.9. The number of nitrogens with zero attached hydrogens (tertiary/aromatic N) is 1. The highest BCUT2D eigenvalue weighted by Gasteiger charge is 2.07. The molecule has 1 aromatic heterocycles. The van der Waals surface area contributed by atoms with Gasteiger partial charge in [0.25, 0.3) is 0 Å². The van der Waals surface area contributed by atoms with Crippen molar-refractivity contribution in [2.24, 2.45) is 5.92 Å². The summed E-state index contributed by atoms with van der Waals surface area (Å²) in [6, 6.07) is 0. The van der Waals surface area contributed by atoms with E-state index in [1.165, 1.54) is 55.2 Å². The number of ketones is 1. The molecule has 0 aliphatic heterocycles. The molecular weight excluding hydrogens is 330 g/mol. The Hall–Kier alpha value is -1.18. The van der Waals surface area contributed by atoms with Gasteiger partial charge in [0.15, 0.2) is 0 Å². The van der Waals surface area contributed by atoms with Gasteiger partial charge < -0.3 is 4.79 Å². The third-order valence-electron chi connectivity index (χ3n) is 4.94. The summed E-state index contributed by atoms with van der Waals surface area (Å²) in [5.74, 6) is 1.20. The largest absolute Gasteiger partial charge is 0.300 e. The number of pyridine rings is 1. The van der Waals surface area contributed by atoms with Crippen molar-refractivity contribution in [3.05, 3.63) is 28.6 Å². The lowest BCUT2D eigenvalue weighted by molar-refractivity contribution is -0.116. The third-order valence-corrected chi connectivity index (χ3v) is 4.94. The molecule has 158 valence electrons. The minimum Gasteiger partial charge on any atom is -0.300 e. The zero-order valence-corrected chi connectivity index (χ0v) is 19.9. The molecule has 2 heteroatoms. The van der Waals surface area contributed by atoms with Crippen molar-refractivity contribution in [2.45, 2.75) is 120 Å². The van der Waals surface area contributed by atoms with Crippen molar-refractivity contribution in [1.82, 2.24) is 4.98 Å². The second-order valence-electron chi connectivity index (χ2n) is 7.44. The molecule has 0 spiro atoms. The van der Waals surface area contributed by atoms with Gasteiger partial charge >= 0.3 is 0 Å². The standard InChI is InChI=1S/C13H19NO.C10H22.C2H6/c1-5-12-9(2)8-14-13(11(12)4)7-6-10(3)15;1-4-6-8-10(3)9-7-5-2;1-2/h8H,5-7H2,1-4H3;10H,4-9H2,1-3H3;1-2H3. The molecule has 0 unspecified atom stereocenters. The second kappa shape index (κ2) is 18.2. The average molecular weight is 378 g/mol. The summed E-state index contributed by atoms with van der Waals surface area (Å²) >= 11 is 0. The summed E-state index contributed by atoms with van der Waals surface area (Å²) in [4.78, 5) is 15.3. The van der Waals surface area contributed by atoms with Crippen LogP contribution in [0.25, 0.3) is 0 Å². The normalized spacial score (nSPS) is 10.0. The number of hydrogen-bond donors (Lipinski definition) is 0. The van der Waals surface area contributed by atoms with E-state index in [2.05, 4.69) is 46.5 Å². The minimum absolute atomic E-state index is 0.231. The van der Waals surface area contributed by atoms with E-state index in [1.807, 2.05) is 20.0 Å². The van der Waals surface area contributed by atoms with E-state index in [-0.39, 0.29) is 5.78 Å². The lowest BCUT2D eigenvalue weighted by atomic mass is 9.98. The van der Waals surface area contributed by atoms with Crippen LogP contribution in [0.5, 0.6) is 0 Å². The Bertz CT molecular complexity index is 485. The van der Waals surface area contributed by atoms with Gasteiger partial charge in [-0.3, -0.25) is 4.98 Å². The quantitative estimate of drug-likeness (QED) is 0.416. The number of carbonyl (C=O) groups excluding carboxylic acids is 1. The number of carbonyl (C=O) groups is 1. The highest BCUT2D eigenvalue weighted by atomic mass is 16.1. The van der Waals surface area contributed by atoms with Crippen LogP contribution in [-0.4, -0.2) is 10.8 Å². The first kappa shape index (κ1) is 28.0. The fourth-order valence-electron chi connectivity index (χ4n) is 3.16. The number of Topliss-reactive ketones (excluding diaryl/α,β-unsaturated/α-hetero) is 1. The summed E-state index contributed by atoms with van der Waals surface area (Å²) in [5.41, 5.74) is 4.97. The SMILES string of the molecule is CC.CCCCC(C)CCCC.CCc1c(C)cnc(CCC(C)=O)c1C. The van der Waals surface area contributed by atoms with E-state index in [1.54, 1.807) is 6.92 Å². The number of aromatic nitrogens is 1. The summed E-state index contributed by atoms with van der Waals surface area (Å²) in [5, 5.41) is 0. The summed E-state index contributed by atoms with van der Waals surface area (Å²) in [7, 11) is 0. The predicted octanol–water partition coefficient (Wildman–Crippen LogP) is 7.81. The van der Waals surface area contributed by atoms with Crippen molar-refractivity contribution in [2.75, 3.05) is 0 Å². The van der Waals surface area contributed by atoms with Crippen LogP contribution in [-0.2, 0) is 17.6 Å². The molecule has 0 bridgehead atoms. The Balaban J connectivity index is 0. The van der Waals surface area contributed by atoms with E-state index in [9.17, 15) is 4.79 Å². The Morgan fingerprint density at radius 2 is 1.56 bits per heavy atom. The predicted molar refractivity (Wildman–Crippen MR) is 122 cm³/mol. The molecule has 0 atom stereocenters. The second-order valence-corrected chi connectivity index (χ2v) is 7.44. The Morgan fingerprint density at radius 1 is 1.04 bits per heavy atom. The molecule has 0 N–H and O–H groups in total. The van der Waals surface area contributed by atoms with Crippen LogP contribution in [0.4, 0.5) is 0 Å². The van der Waals surface area contributed by atoms with Gasteiger partial charge in [-0.2, -0.15) is 0 Å². The molecule has 0 saturated carbocycles. The van der Waals surface area contributed by atoms with Crippen LogP contribution >= 0.6 is 0 Å². The molecule has 0 aliphatic rings. The first-order valence-corrected chi connectivity index (χ1v) is 11.3. The Morgan fingerprint density at radius 3 is 1.96 bits per heavy atom. The lowest BCUT2D eigenvalue weighted by Gasteiger charge is -2.11. The topological polar surface area (TPSA) is 30.0 Å². The smallest absolute Gasteiger partial charge is 0.130 e. The van der Waals surface area contributed by atoms with Gasteiger partial charge in [0, 0.05) is 18.3 Å². The molecule has 27 heavy (non-hydrogen) atoms. The molecule has 0 aliphatic carbocycles.